The van der Waals surface area contributed by atoms with Gasteiger partial charge >= 0.3 is 6.03 Å². The number of nitrogens with one attached hydrogen (secondary N) is 3. The van der Waals surface area contributed by atoms with Gasteiger partial charge in [0.05, 0.1) is 25.3 Å². The molecule has 2 heterocycles. The van der Waals surface area contributed by atoms with Gasteiger partial charge in [0.25, 0.3) is 0 Å². The van der Waals surface area contributed by atoms with Gasteiger partial charge in [-0.15, -0.1) is 0 Å². The zero-order valence-corrected chi connectivity index (χ0v) is 11.9. The molecule has 3 rings (SSSR count). The van der Waals surface area contributed by atoms with Gasteiger partial charge in [-0.05, 0) is 29.7 Å². The lowest BCUT2D eigenvalue weighted by molar-refractivity contribution is 0.0768. The Morgan fingerprint density at radius 3 is 2.65 bits per heavy atom. The Labute approximate surface area is 123 Å². The average molecular weight is 296 g/mol. The van der Waals surface area contributed by atoms with E-state index in [1.807, 2.05) is 12.1 Å². The maximum atomic E-state index is 11.4. The van der Waals surface area contributed by atoms with Crippen molar-refractivity contribution in [2.75, 3.05) is 26.3 Å². The van der Waals surface area contributed by atoms with E-state index in [9.17, 15) is 4.79 Å². The van der Waals surface area contributed by atoms with Gasteiger partial charge in [0.1, 0.15) is 0 Å². The second kappa shape index (κ2) is 5.99. The molecule has 0 radical (unpaired) electrons. The van der Waals surface area contributed by atoms with Crippen LogP contribution in [0.4, 0.5) is 4.79 Å². The molecule has 0 bridgehead atoms. The van der Waals surface area contributed by atoms with Crippen molar-refractivity contribution in [2.45, 2.75) is 18.5 Å². The summed E-state index contributed by atoms with van der Waals surface area (Å²) in [4.78, 5) is 11.4. The van der Waals surface area contributed by atoms with Gasteiger partial charge in [0, 0.05) is 18.1 Å². The first-order valence-corrected chi connectivity index (χ1v) is 7.26. The third-order valence-electron chi connectivity index (χ3n) is 3.69. The van der Waals surface area contributed by atoms with E-state index in [0.29, 0.717) is 18.2 Å². The van der Waals surface area contributed by atoms with Crippen molar-refractivity contribution in [3.63, 3.8) is 0 Å². The summed E-state index contributed by atoms with van der Waals surface area (Å²) in [6.45, 7) is 2.92. The molecule has 0 aliphatic carbocycles. The van der Waals surface area contributed by atoms with Gasteiger partial charge in [-0.25, -0.2) is 4.79 Å². The number of morpholine rings is 1. The number of benzene rings is 1. The number of ether oxygens (including phenoxy) is 1. The van der Waals surface area contributed by atoms with Crippen LogP contribution in [-0.4, -0.2) is 32.3 Å². The van der Waals surface area contributed by atoms with E-state index in [-0.39, 0.29) is 18.1 Å². The normalized spacial score (nSPS) is 26.8. The fourth-order valence-corrected chi connectivity index (χ4v) is 2.93. The summed E-state index contributed by atoms with van der Waals surface area (Å²) in [6.07, 6.45) is 0.861. The van der Waals surface area contributed by atoms with Crippen LogP contribution in [0.3, 0.4) is 0 Å². The summed E-state index contributed by atoms with van der Waals surface area (Å²) in [7, 11) is 0. The van der Waals surface area contributed by atoms with E-state index in [1.165, 1.54) is 0 Å². The number of amides is 2. The van der Waals surface area contributed by atoms with Gasteiger partial charge in [-0.1, -0.05) is 17.7 Å². The summed E-state index contributed by atoms with van der Waals surface area (Å²) < 4.78 is 5.49. The predicted octanol–water partition coefficient (Wildman–Crippen LogP) is 1.74. The molecule has 2 amide bonds. The van der Waals surface area contributed by atoms with Gasteiger partial charge < -0.3 is 20.7 Å². The second-order valence-corrected chi connectivity index (χ2v) is 5.58. The average Bonchev–Trinajstić information content (AvgIpc) is 2.47. The van der Waals surface area contributed by atoms with Gasteiger partial charge in [0.15, 0.2) is 0 Å². The monoisotopic (exact) mass is 295 g/mol. The van der Waals surface area contributed by atoms with Crippen molar-refractivity contribution < 1.29 is 9.53 Å². The number of hydrogen-bond donors (Lipinski definition) is 3. The molecule has 1 unspecified atom stereocenters. The van der Waals surface area contributed by atoms with Crippen LogP contribution in [0.1, 0.15) is 29.6 Å². The molecule has 0 aromatic heterocycles. The van der Waals surface area contributed by atoms with Crippen molar-refractivity contribution in [2.24, 2.45) is 0 Å². The number of hydrogen-bond acceptors (Lipinski definition) is 3. The molecule has 5 nitrogen and oxygen atoms in total. The Morgan fingerprint density at radius 1 is 1.15 bits per heavy atom. The van der Waals surface area contributed by atoms with Crippen LogP contribution in [0.5, 0.6) is 0 Å². The van der Waals surface area contributed by atoms with Crippen molar-refractivity contribution in [3.05, 3.63) is 34.3 Å². The Balaban J connectivity index is 1.83. The second-order valence-electron chi connectivity index (χ2n) is 5.14. The van der Waals surface area contributed by atoms with Crippen LogP contribution in [0.2, 0.25) is 5.02 Å². The zero-order valence-electron chi connectivity index (χ0n) is 11.1. The molecule has 0 spiro atoms. The molecule has 3 N–H and O–H groups in total. The molecule has 2 atom stereocenters. The summed E-state index contributed by atoms with van der Waals surface area (Å²) in [5.41, 5.74) is 2.16. The number of carbonyl (C=O) groups is 1. The van der Waals surface area contributed by atoms with Gasteiger partial charge in [0.2, 0.25) is 0 Å². The lowest BCUT2D eigenvalue weighted by Crippen LogP contribution is -2.44. The van der Waals surface area contributed by atoms with Gasteiger partial charge in [-0.3, -0.25) is 0 Å². The first-order valence-electron chi connectivity index (χ1n) is 6.88. The molecule has 1 aromatic rings. The van der Waals surface area contributed by atoms with Crippen molar-refractivity contribution in [3.8, 4) is 0 Å². The largest absolute Gasteiger partial charge is 0.378 e. The third kappa shape index (κ3) is 3.06. The van der Waals surface area contributed by atoms with E-state index < -0.39 is 0 Å². The van der Waals surface area contributed by atoms with Crippen LogP contribution in [0, 0.1) is 0 Å². The Bertz CT molecular complexity index is 503. The van der Waals surface area contributed by atoms with Crippen molar-refractivity contribution >= 4 is 17.6 Å². The maximum absolute atomic E-state index is 11.4. The molecular weight excluding hydrogens is 278 g/mol. The first kappa shape index (κ1) is 13.7. The highest BCUT2D eigenvalue weighted by atomic mass is 35.5. The molecular formula is C14H18ClN3O2. The fourth-order valence-electron chi connectivity index (χ4n) is 2.68. The number of carbonyl (C=O) groups excluding carboxylic acids is 1. The summed E-state index contributed by atoms with van der Waals surface area (Å²) in [5.74, 6) is 0. The molecule has 2 fully saturated rings. The first-order chi connectivity index (χ1) is 9.72. The maximum Gasteiger partial charge on any atom is 0.315 e. The minimum absolute atomic E-state index is 0.0192. The molecule has 2 saturated heterocycles. The zero-order chi connectivity index (χ0) is 13.9. The molecule has 2 aliphatic heterocycles. The summed E-state index contributed by atoms with van der Waals surface area (Å²) in [5, 5.41) is 9.80. The van der Waals surface area contributed by atoms with Crippen molar-refractivity contribution in [1.82, 2.24) is 16.0 Å². The molecule has 0 saturated carbocycles. The number of rotatable bonds is 2. The van der Waals surface area contributed by atoms with E-state index in [2.05, 4.69) is 22.0 Å². The van der Waals surface area contributed by atoms with Crippen LogP contribution < -0.4 is 16.0 Å². The van der Waals surface area contributed by atoms with E-state index in [0.717, 1.165) is 30.7 Å². The number of urea groups is 1. The quantitative estimate of drug-likeness (QED) is 0.779. The van der Waals surface area contributed by atoms with Crippen LogP contribution in [0.15, 0.2) is 18.2 Å². The topological polar surface area (TPSA) is 62.4 Å². The molecule has 1 aromatic carbocycles. The smallest absolute Gasteiger partial charge is 0.315 e. The lowest BCUT2D eigenvalue weighted by Gasteiger charge is -2.28. The van der Waals surface area contributed by atoms with Crippen molar-refractivity contribution in [1.29, 1.82) is 0 Å². The molecule has 108 valence electrons. The fraction of sp³-hybridized carbons (Fsp3) is 0.500. The Hall–Kier alpha value is -1.30. The van der Waals surface area contributed by atoms with E-state index >= 15 is 0 Å². The van der Waals surface area contributed by atoms with Gasteiger partial charge in [-0.2, -0.15) is 0 Å². The standard InChI is InChI=1S/C14H18ClN3O2/c15-11-6-9(12-1-2-17-14(19)18-12)5-10(7-11)13-8-20-4-3-16-13/h5-7,12-13,16H,1-4,8H2,(H2,17,18,19)/t12?,13-/m0/s1. The van der Waals surface area contributed by atoms with Crippen LogP contribution in [-0.2, 0) is 4.74 Å². The Morgan fingerprint density at radius 2 is 1.95 bits per heavy atom. The van der Waals surface area contributed by atoms with Crippen LogP contribution in [0.25, 0.3) is 0 Å². The predicted molar refractivity (Wildman–Crippen MR) is 76.9 cm³/mol. The highest BCUT2D eigenvalue weighted by Gasteiger charge is 2.22. The lowest BCUT2D eigenvalue weighted by atomic mass is 9.97. The summed E-state index contributed by atoms with van der Waals surface area (Å²) in [6, 6.07) is 6.05. The van der Waals surface area contributed by atoms with Crippen LogP contribution >= 0.6 is 11.6 Å². The molecule has 6 heteroatoms. The molecule has 2 aliphatic rings. The minimum Gasteiger partial charge on any atom is -0.378 e. The SMILES string of the molecule is O=C1NCCC(c2cc(Cl)cc([C@@H]3COCCN3)c2)N1. The minimum atomic E-state index is -0.123. The van der Waals surface area contributed by atoms with E-state index in [4.69, 9.17) is 16.3 Å². The number of halogens is 1. The third-order valence-corrected chi connectivity index (χ3v) is 3.91. The summed E-state index contributed by atoms with van der Waals surface area (Å²) >= 11 is 6.23. The Kier molecular flexibility index (Phi) is 4.10. The highest BCUT2D eigenvalue weighted by Crippen LogP contribution is 2.27. The van der Waals surface area contributed by atoms with E-state index in [1.54, 1.807) is 0 Å². The molecule has 20 heavy (non-hydrogen) atoms. The highest BCUT2D eigenvalue weighted by molar-refractivity contribution is 6.30.